The molecule has 9 nitrogen and oxygen atoms in total. The van der Waals surface area contributed by atoms with Gasteiger partial charge in [0.25, 0.3) is 0 Å². The molecule has 1 aromatic carbocycles. The van der Waals surface area contributed by atoms with E-state index in [1.54, 1.807) is 6.33 Å². The fourth-order valence-electron chi connectivity index (χ4n) is 6.26. The van der Waals surface area contributed by atoms with Crippen LogP contribution >= 0.6 is 0 Å². The number of benzene rings is 1. The van der Waals surface area contributed by atoms with Gasteiger partial charge in [-0.1, -0.05) is 12.6 Å². The molecule has 4 aliphatic rings. The van der Waals surface area contributed by atoms with Gasteiger partial charge in [-0.15, -0.1) is 0 Å². The lowest BCUT2D eigenvalue weighted by atomic mass is 9.95. The summed E-state index contributed by atoms with van der Waals surface area (Å²) in [5, 5.41) is 3.59. The quantitative estimate of drug-likeness (QED) is 0.636. The summed E-state index contributed by atoms with van der Waals surface area (Å²) >= 11 is 0. The van der Waals surface area contributed by atoms with Crippen LogP contribution in [0.25, 0.3) is 0 Å². The molecular formula is C28H36N6O3. The summed E-state index contributed by atoms with van der Waals surface area (Å²) < 4.78 is 11.9. The second-order valence-electron chi connectivity index (χ2n) is 10.5. The topological polar surface area (TPSA) is 83.1 Å². The Balaban J connectivity index is 1.18. The number of likely N-dealkylation sites (tertiary alicyclic amines) is 2. The van der Waals surface area contributed by atoms with Gasteiger partial charge in [0.05, 0.1) is 24.5 Å². The summed E-state index contributed by atoms with van der Waals surface area (Å²) in [6.45, 7) is 13.1. The van der Waals surface area contributed by atoms with Crippen LogP contribution in [0.4, 0.5) is 17.3 Å². The van der Waals surface area contributed by atoms with Gasteiger partial charge < -0.3 is 24.6 Å². The maximum Gasteiger partial charge on any atom is 0.245 e. The number of carbonyl (C=O) groups excluding carboxylic acids is 1. The van der Waals surface area contributed by atoms with Gasteiger partial charge in [0.2, 0.25) is 5.91 Å². The van der Waals surface area contributed by atoms with Crippen LogP contribution in [0.3, 0.4) is 0 Å². The molecule has 37 heavy (non-hydrogen) atoms. The minimum atomic E-state index is 0.0526. The zero-order chi connectivity index (χ0) is 25.4. The third-order valence-corrected chi connectivity index (χ3v) is 8.30. The predicted octanol–water partition coefficient (Wildman–Crippen LogP) is 3.22. The number of piperidine rings is 1. The monoisotopic (exact) mass is 504 g/mol. The minimum absolute atomic E-state index is 0.0526. The van der Waals surface area contributed by atoms with Crippen LogP contribution in [-0.2, 0) is 16.1 Å². The molecule has 3 saturated heterocycles. The Labute approximate surface area is 218 Å². The molecule has 0 unspecified atom stereocenters. The van der Waals surface area contributed by atoms with Crippen molar-refractivity contribution in [2.75, 3.05) is 62.7 Å². The van der Waals surface area contributed by atoms with Crippen LogP contribution in [-0.4, -0.2) is 84.2 Å². The van der Waals surface area contributed by atoms with Crippen LogP contribution < -0.4 is 15.0 Å². The number of aromatic nitrogens is 2. The fraction of sp³-hybridized carbons (Fsp3) is 0.536. The lowest BCUT2D eigenvalue weighted by molar-refractivity contribution is -0.127. The zero-order valence-corrected chi connectivity index (χ0v) is 21.6. The van der Waals surface area contributed by atoms with E-state index in [1.807, 2.05) is 4.90 Å². The van der Waals surface area contributed by atoms with Gasteiger partial charge >= 0.3 is 0 Å². The second kappa shape index (κ2) is 10.3. The van der Waals surface area contributed by atoms with E-state index in [-0.39, 0.29) is 5.91 Å². The van der Waals surface area contributed by atoms with E-state index in [4.69, 9.17) is 9.47 Å². The Morgan fingerprint density at radius 2 is 1.92 bits per heavy atom. The Bertz CT molecular complexity index is 1170. The molecule has 1 N–H and O–H groups in total. The predicted molar refractivity (Wildman–Crippen MR) is 143 cm³/mol. The number of morpholine rings is 1. The summed E-state index contributed by atoms with van der Waals surface area (Å²) in [6, 6.07) is 5.10. The van der Waals surface area contributed by atoms with E-state index in [1.165, 1.54) is 11.6 Å². The smallest absolute Gasteiger partial charge is 0.245 e. The maximum atomic E-state index is 11.9. The highest BCUT2D eigenvalue weighted by atomic mass is 16.5. The van der Waals surface area contributed by atoms with Gasteiger partial charge in [-0.25, -0.2) is 9.97 Å². The van der Waals surface area contributed by atoms with Crippen LogP contribution in [0.5, 0.6) is 5.75 Å². The van der Waals surface area contributed by atoms with Crippen molar-refractivity contribution in [3.8, 4) is 5.75 Å². The molecule has 1 atom stereocenters. The summed E-state index contributed by atoms with van der Waals surface area (Å²) in [7, 11) is 0. The molecule has 0 radical (unpaired) electrons. The molecule has 0 saturated carbocycles. The lowest BCUT2D eigenvalue weighted by Crippen LogP contribution is -2.45. The molecular weight excluding hydrogens is 468 g/mol. The van der Waals surface area contributed by atoms with Gasteiger partial charge in [0.1, 0.15) is 30.3 Å². The molecule has 0 bridgehead atoms. The van der Waals surface area contributed by atoms with Crippen molar-refractivity contribution in [3.05, 3.63) is 47.8 Å². The molecule has 1 aromatic heterocycles. The number of amides is 1. The van der Waals surface area contributed by atoms with Crippen molar-refractivity contribution in [1.82, 2.24) is 19.8 Å². The fourth-order valence-corrected chi connectivity index (χ4v) is 6.26. The Kier molecular flexibility index (Phi) is 6.73. The lowest BCUT2D eigenvalue weighted by Gasteiger charge is -2.36. The van der Waals surface area contributed by atoms with E-state index in [9.17, 15) is 4.79 Å². The molecule has 1 amide bonds. The van der Waals surface area contributed by atoms with Gasteiger partial charge in [0.15, 0.2) is 0 Å². The van der Waals surface area contributed by atoms with Crippen molar-refractivity contribution >= 4 is 23.2 Å². The second-order valence-corrected chi connectivity index (χ2v) is 10.5. The van der Waals surface area contributed by atoms with Gasteiger partial charge in [0, 0.05) is 38.8 Å². The average molecular weight is 505 g/mol. The summed E-state index contributed by atoms with van der Waals surface area (Å²) in [5.41, 5.74) is 4.47. The Morgan fingerprint density at radius 3 is 2.70 bits per heavy atom. The number of hydrogen-bond acceptors (Lipinski definition) is 8. The molecule has 196 valence electrons. The first-order chi connectivity index (χ1) is 18.1. The third kappa shape index (κ3) is 4.78. The number of anilines is 3. The van der Waals surface area contributed by atoms with Crippen molar-refractivity contribution in [1.29, 1.82) is 0 Å². The van der Waals surface area contributed by atoms with Gasteiger partial charge in [-0.3, -0.25) is 9.69 Å². The standard InChI is InChI=1S/C28H36N6O3/c1-3-25(35)32-8-5-22(6-9-32)34-7-4-20(16-34)21-14-19(2)26-24(15-21)31-27-23(17-37-26)28(30-18-29-27)33-10-12-36-13-11-33/h3,14-15,18,20,22H,1,4-13,16-17H2,2H3,(H,29,30,31)/t20-/m0/s1. The molecule has 4 aliphatic heterocycles. The van der Waals surface area contributed by atoms with E-state index in [2.05, 4.69) is 50.7 Å². The van der Waals surface area contributed by atoms with E-state index in [0.717, 1.165) is 92.7 Å². The average Bonchev–Trinajstić information content (AvgIpc) is 3.35. The minimum Gasteiger partial charge on any atom is -0.486 e. The number of hydrogen-bond donors (Lipinski definition) is 1. The van der Waals surface area contributed by atoms with Gasteiger partial charge in [-0.2, -0.15) is 0 Å². The maximum absolute atomic E-state index is 11.9. The zero-order valence-electron chi connectivity index (χ0n) is 21.6. The number of aryl methyl sites for hydroxylation is 1. The van der Waals surface area contributed by atoms with E-state index in [0.29, 0.717) is 31.8 Å². The first-order valence-electron chi connectivity index (χ1n) is 13.5. The van der Waals surface area contributed by atoms with Crippen molar-refractivity contribution in [2.45, 2.75) is 44.8 Å². The molecule has 6 rings (SSSR count). The summed E-state index contributed by atoms with van der Waals surface area (Å²) in [4.78, 5) is 27.9. The molecule has 9 heteroatoms. The normalized spacial score (nSPS) is 22.5. The highest BCUT2D eigenvalue weighted by Crippen LogP contribution is 2.41. The summed E-state index contributed by atoms with van der Waals surface area (Å²) in [5.74, 6) is 3.18. The Morgan fingerprint density at radius 1 is 1.11 bits per heavy atom. The molecule has 3 fully saturated rings. The first-order valence-corrected chi connectivity index (χ1v) is 13.5. The van der Waals surface area contributed by atoms with Crippen LogP contribution in [0.2, 0.25) is 0 Å². The van der Waals surface area contributed by atoms with Crippen molar-refractivity contribution < 1.29 is 14.3 Å². The Hall–Kier alpha value is -3.17. The van der Waals surface area contributed by atoms with Crippen LogP contribution in [0, 0.1) is 6.92 Å². The molecule has 5 heterocycles. The summed E-state index contributed by atoms with van der Waals surface area (Å²) in [6.07, 6.45) is 6.28. The number of nitrogens with one attached hydrogen (secondary N) is 1. The number of rotatable bonds is 4. The molecule has 2 aromatic rings. The highest BCUT2D eigenvalue weighted by Gasteiger charge is 2.33. The third-order valence-electron chi connectivity index (χ3n) is 8.30. The van der Waals surface area contributed by atoms with Crippen LogP contribution in [0.1, 0.15) is 41.9 Å². The van der Waals surface area contributed by atoms with Crippen molar-refractivity contribution in [2.24, 2.45) is 0 Å². The van der Waals surface area contributed by atoms with Gasteiger partial charge in [-0.05, 0) is 61.9 Å². The van der Waals surface area contributed by atoms with Crippen molar-refractivity contribution in [3.63, 3.8) is 0 Å². The van der Waals surface area contributed by atoms with Crippen LogP contribution in [0.15, 0.2) is 31.1 Å². The number of fused-ring (bicyclic) bond motifs is 2. The number of carbonyl (C=O) groups is 1. The number of nitrogens with zero attached hydrogens (tertiary/aromatic N) is 5. The largest absolute Gasteiger partial charge is 0.486 e. The first kappa shape index (κ1) is 24.2. The highest BCUT2D eigenvalue weighted by molar-refractivity contribution is 5.87. The van der Waals surface area contributed by atoms with E-state index < -0.39 is 0 Å². The van der Waals surface area contributed by atoms with E-state index >= 15 is 0 Å². The number of ether oxygens (including phenoxy) is 2. The molecule has 0 aliphatic carbocycles. The SMILES string of the molecule is C=CC(=O)N1CCC(N2CC[C@H](c3cc(C)c4c(c3)Nc3ncnc(N5CCOCC5)c3CO4)C2)CC1. The molecule has 0 spiro atoms.